The monoisotopic (exact) mass is 509 g/mol. The van der Waals surface area contributed by atoms with E-state index in [1.807, 2.05) is 76.2 Å². The molecule has 0 spiro atoms. The van der Waals surface area contributed by atoms with Crippen molar-refractivity contribution in [1.29, 1.82) is 0 Å². The van der Waals surface area contributed by atoms with Gasteiger partial charge in [-0.2, -0.15) is 0 Å². The van der Waals surface area contributed by atoms with Gasteiger partial charge in [-0.05, 0) is 68.8 Å². The van der Waals surface area contributed by atoms with Crippen LogP contribution in [0.5, 0.6) is 11.5 Å². The number of hydrogen-bond donors (Lipinski definition) is 0. The Morgan fingerprint density at radius 1 is 1.03 bits per heavy atom. The quantitative estimate of drug-likeness (QED) is 0.329. The van der Waals surface area contributed by atoms with E-state index in [4.69, 9.17) is 4.74 Å². The minimum Gasteiger partial charge on any atom is -0.457 e. The van der Waals surface area contributed by atoms with Gasteiger partial charge in [0.1, 0.15) is 11.5 Å². The van der Waals surface area contributed by atoms with E-state index in [2.05, 4.69) is 16.9 Å². The fourth-order valence-electron chi connectivity index (χ4n) is 5.20. The zero-order chi connectivity index (χ0) is 26.1. The van der Waals surface area contributed by atoms with Crippen molar-refractivity contribution < 1.29 is 9.53 Å². The van der Waals surface area contributed by atoms with E-state index in [-0.39, 0.29) is 17.6 Å². The molecule has 0 N–H and O–H groups in total. The lowest BCUT2D eigenvalue weighted by molar-refractivity contribution is -0.125. The van der Waals surface area contributed by atoms with Crippen molar-refractivity contribution in [2.75, 3.05) is 26.7 Å². The molecule has 38 heavy (non-hydrogen) atoms. The van der Waals surface area contributed by atoms with Gasteiger partial charge >= 0.3 is 5.69 Å². The molecule has 2 aromatic heterocycles. The van der Waals surface area contributed by atoms with Gasteiger partial charge in [-0.15, -0.1) is 0 Å². The lowest BCUT2D eigenvalue weighted by Crippen LogP contribution is -2.31. The average Bonchev–Trinajstić information content (AvgIpc) is 3.61. The zero-order valence-electron chi connectivity index (χ0n) is 21.4. The van der Waals surface area contributed by atoms with Gasteiger partial charge in [-0.1, -0.05) is 24.3 Å². The number of carbonyl (C=O) groups is 1. The van der Waals surface area contributed by atoms with Crippen molar-refractivity contribution in [1.82, 2.24) is 23.9 Å². The van der Waals surface area contributed by atoms with Crippen molar-refractivity contribution in [2.24, 2.45) is 0 Å². The van der Waals surface area contributed by atoms with Gasteiger partial charge in [-0.25, -0.2) is 4.79 Å². The molecule has 1 aliphatic carbocycles. The molecule has 8 nitrogen and oxygen atoms in total. The maximum atomic E-state index is 13.8. The number of aromatic nitrogens is 3. The van der Waals surface area contributed by atoms with Gasteiger partial charge in [-0.3, -0.25) is 23.8 Å². The number of pyridine rings is 1. The summed E-state index contributed by atoms with van der Waals surface area (Å²) < 4.78 is 9.42. The molecule has 1 saturated carbocycles. The molecule has 3 heterocycles. The lowest BCUT2D eigenvalue weighted by atomic mass is 10.2. The Morgan fingerprint density at radius 2 is 1.79 bits per heavy atom. The number of likely N-dealkylation sites (N-methyl/N-ethyl adjacent to an activating group) is 1. The number of hydrogen-bond acceptors (Lipinski definition) is 5. The van der Waals surface area contributed by atoms with E-state index in [0.29, 0.717) is 24.9 Å². The van der Waals surface area contributed by atoms with Gasteiger partial charge in [0.15, 0.2) is 0 Å². The molecule has 2 aromatic carbocycles. The number of fused-ring (bicyclic) bond motifs is 1. The van der Waals surface area contributed by atoms with Crippen LogP contribution >= 0.6 is 0 Å². The molecule has 2 fully saturated rings. The topological polar surface area (TPSA) is 72.6 Å². The molecule has 1 aliphatic heterocycles. The molecule has 2 aliphatic rings. The van der Waals surface area contributed by atoms with Crippen molar-refractivity contribution >= 4 is 16.9 Å². The number of likely N-dealkylation sites (tertiary alicyclic amines) is 1. The van der Waals surface area contributed by atoms with Crippen LogP contribution in [0.4, 0.5) is 0 Å². The Balaban J connectivity index is 1.22. The fraction of sp³-hybridized carbons (Fsp3) is 0.300. The van der Waals surface area contributed by atoms with Gasteiger partial charge in [0.2, 0.25) is 5.91 Å². The second kappa shape index (κ2) is 10.3. The first-order valence-electron chi connectivity index (χ1n) is 13.1. The van der Waals surface area contributed by atoms with E-state index in [9.17, 15) is 9.59 Å². The highest BCUT2D eigenvalue weighted by molar-refractivity contribution is 5.88. The van der Waals surface area contributed by atoms with E-state index < -0.39 is 0 Å². The summed E-state index contributed by atoms with van der Waals surface area (Å²) in [7, 11) is 2.10. The smallest absolute Gasteiger partial charge is 0.334 e. The maximum Gasteiger partial charge on any atom is 0.334 e. The fourth-order valence-corrected chi connectivity index (χ4v) is 5.20. The van der Waals surface area contributed by atoms with Crippen LogP contribution in [0.25, 0.3) is 16.7 Å². The largest absolute Gasteiger partial charge is 0.457 e. The van der Waals surface area contributed by atoms with Crippen molar-refractivity contribution in [3.63, 3.8) is 0 Å². The number of nitrogens with zero attached hydrogens (tertiary/aromatic N) is 5. The lowest BCUT2D eigenvalue weighted by Gasteiger charge is -2.16. The predicted molar refractivity (Wildman–Crippen MR) is 147 cm³/mol. The maximum absolute atomic E-state index is 13.8. The summed E-state index contributed by atoms with van der Waals surface area (Å²) in [5.41, 5.74) is 2.16. The van der Waals surface area contributed by atoms with Crippen LogP contribution in [0.3, 0.4) is 0 Å². The summed E-state index contributed by atoms with van der Waals surface area (Å²) in [4.78, 5) is 35.0. The van der Waals surface area contributed by atoms with Crippen molar-refractivity contribution in [2.45, 2.75) is 31.3 Å². The van der Waals surface area contributed by atoms with Gasteiger partial charge < -0.3 is 9.64 Å². The average molecular weight is 510 g/mol. The second-order valence-electron chi connectivity index (χ2n) is 10.1. The Hall–Kier alpha value is -4.17. The molecular formula is C30H31N5O3. The molecular weight excluding hydrogens is 478 g/mol. The number of rotatable bonds is 8. The first kappa shape index (κ1) is 24.2. The van der Waals surface area contributed by atoms with Crippen LogP contribution in [0.15, 0.2) is 90.0 Å². The van der Waals surface area contributed by atoms with E-state index >= 15 is 0 Å². The number of imidazole rings is 1. The summed E-state index contributed by atoms with van der Waals surface area (Å²) >= 11 is 0. The third-order valence-corrected chi connectivity index (χ3v) is 7.41. The summed E-state index contributed by atoms with van der Waals surface area (Å²) in [6, 6.07) is 19.5. The molecule has 1 amide bonds. The molecule has 0 radical (unpaired) electrons. The molecule has 1 saturated heterocycles. The van der Waals surface area contributed by atoms with Crippen LogP contribution in [0.2, 0.25) is 0 Å². The summed E-state index contributed by atoms with van der Waals surface area (Å²) in [5, 5.41) is 0. The first-order valence-corrected chi connectivity index (χ1v) is 13.1. The molecule has 8 heteroatoms. The highest BCUT2D eigenvalue weighted by Crippen LogP contribution is 2.28. The standard InChI is InChI=1S/C30H31N5O3/c1-32(22-9-10-22)18-5-8-29(36)33-19-16-24(21-33)35-27-15-17-31-20-28(27)34(30(35)37)23-11-13-26(14-12-23)38-25-6-3-2-4-7-25/h2-8,11-15,17,20,22,24H,9-10,16,18-19,21H2,1H3/b8-5+. The third kappa shape index (κ3) is 4.87. The highest BCUT2D eigenvalue weighted by atomic mass is 16.5. The van der Waals surface area contributed by atoms with Gasteiger partial charge in [0.05, 0.1) is 29.0 Å². The molecule has 194 valence electrons. The molecule has 6 rings (SSSR count). The molecule has 0 bridgehead atoms. The number of amides is 1. The Kier molecular flexibility index (Phi) is 6.55. The summed E-state index contributed by atoms with van der Waals surface area (Å²) in [5.74, 6) is 1.45. The van der Waals surface area contributed by atoms with Crippen LogP contribution in [-0.4, -0.2) is 62.5 Å². The number of para-hydroxylation sites is 1. The number of benzene rings is 2. The van der Waals surface area contributed by atoms with E-state index in [1.54, 1.807) is 23.0 Å². The van der Waals surface area contributed by atoms with Crippen LogP contribution in [0, 0.1) is 0 Å². The Morgan fingerprint density at radius 3 is 2.55 bits per heavy atom. The Labute approximate surface area is 221 Å². The van der Waals surface area contributed by atoms with Crippen LogP contribution in [0.1, 0.15) is 25.3 Å². The normalized spacial score (nSPS) is 17.6. The second-order valence-corrected chi connectivity index (χ2v) is 10.1. The third-order valence-electron chi connectivity index (χ3n) is 7.41. The minimum absolute atomic E-state index is 0.00385. The highest BCUT2D eigenvalue weighted by Gasteiger charge is 2.30. The first-order chi connectivity index (χ1) is 18.6. The van der Waals surface area contributed by atoms with Gasteiger partial charge in [0, 0.05) is 37.9 Å². The van der Waals surface area contributed by atoms with E-state index in [0.717, 1.165) is 35.4 Å². The zero-order valence-corrected chi connectivity index (χ0v) is 21.4. The van der Waals surface area contributed by atoms with Crippen LogP contribution < -0.4 is 10.4 Å². The van der Waals surface area contributed by atoms with Crippen molar-refractivity contribution in [3.8, 4) is 17.2 Å². The van der Waals surface area contributed by atoms with Gasteiger partial charge in [0.25, 0.3) is 0 Å². The van der Waals surface area contributed by atoms with Crippen molar-refractivity contribution in [3.05, 3.63) is 95.7 Å². The number of ether oxygens (including phenoxy) is 1. The predicted octanol–water partition coefficient (Wildman–Crippen LogP) is 4.40. The number of carbonyl (C=O) groups excluding carboxylic acids is 1. The molecule has 1 atom stereocenters. The Bertz CT molecular complexity index is 1520. The SMILES string of the molecule is CN(C/C=C/C(=O)N1CCC(n2c(=O)n(-c3ccc(Oc4ccccc4)cc3)c3cnccc32)C1)C1CC1. The van der Waals surface area contributed by atoms with Crippen LogP contribution in [-0.2, 0) is 4.79 Å². The molecule has 4 aromatic rings. The molecule has 1 unspecified atom stereocenters. The summed E-state index contributed by atoms with van der Waals surface area (Å²) in [6.07, 6.45) is 10.3. The van der Waals surface area contributed by atoms with E-state index in [1.165, 1.54) is 12.8 Å². The summed E-state index contributed by atoms with van der Waals surface area (Å²) in [6.45, 7) is 1.91. The minimum atomic E-state index is -0.134.